The summed E-state index contributed by atoms with van der Waals surface area (Å²) >= 11 is 0. The molecule has 0 N–H and O–H groups in total. The molecule has 1 spiro atoms. The highest BCUT2D eigenvalue weighted by Gasteiger charge is 2.51. The van der Waals surface area contributed by atoms with Crippen LogP contribution in [0.4, 0.5) is 0 Å². The van der Waals surface area contributed by atoms with Gasteiger partial charge in [0.1, 0.15) is 39.2 Å². The molecule has 7 aromatic carbocycles. The summed E-state index contributed by atoms with van der Waals surface area (Å²) in [5.41, 5.74) is 24.1. The molecule has 9 rings (SSSR count). The molecule has 0 bridgehead atoms. The van der Waals surface area contributed by atoms with Crippen molar-refractivity contribution in [2.24, 2.45) is 0 Å². The van der Waals surface area contributed by atoms with Gasteiger partial charge in [-0.05, 0) is 72.3 Å². The van der Waals surface area contributed by atoms with Gasteiger partial charge in [-0.2, -0.15) is 0 Å². The molecule has 2 aliphatic rings. The van der Waals surface area contributed by atoms with E-state index < -0.39 is 0 Å². The van der Waals surface area contributed by atoms with Gasteiger partial charge in [0.05, 0.1) is 5.41 Å². The standard InChI is InChI=1S/C44H35B5/c45-39-38(40(46)42(48)43(49)41(39)47)37(27-20-18-26(19-21-27)25-10-2-1-3-11-25)28-22-23-32-31-14-6-9-17-35(31)44(36(32)24-28)33-15-7-4-12-29(33)30-13-5-8-16-34(30)44/h1-24,37H,45-49H2. The molecule has 0 fully saturated rings. The van der Waals surface area contributed by atoms with E-state index in [-0.39, 0.29) is 11.3 Å². The van der Waals surface area contributed by atoms with Crippen molar-refractivity contribution in [3.63, 3.8) is 0 Å². The molecule has 49 heavy (non-hydrogen) atoms. The Morgan fingerprint density at radius 3 is 1.29 bits per heavy atom. The SMILES string of the molecule is Bc1c(B)c(B)c(C(c2ccc(-c3ccccc3)cc2)c2ccc3c(c2)C2(c4ccccc4-c4ccccc42)c2ccccc2-3)c(B)c1B. The van der Waals surface area contributed by atoms with Crippen LogP contribution in [0.3, 0.4) is 0 Å². The summed E-state index contributed by atoms with van der Waals surface area (Å²) in [5, 5.41) is 0. The first-order valence-electron chi connectivity index (χ1n) is 17.6. The van der Waals surface area contributed by atoms with E-state index in [9.17, 15) is 0 Å². The number of benzene rings is 7. The van der Waals surface area contributed by atoms with Crippen LogP contribution in [0.2, 0.25) is 0 Å². The van der Waals surface area contributed by atoms with Crippen molar-refractivity contribution in [1.82, 2.24) is 0 Å². The molecule has 0 heterocycles. The third-order valence-electron chi connectivity index (χ3n) is 12.1. The maximum atomic E-state index is 2.58. The zero-order valence-corrected chi connectivity index (χ0v) is 28.9. The van der Waals surface area contributed by atoms with E-state index in [1.165, 1.54) is 99.6 Å². The molecule has 0 nitrogen and oxygen atoms in total. The molecule has 0 saturated carbocycles. The lowest BCUT2D eigenvalue weighted by atomic mass is 9.58. The minimum Gasteiger partial charge on any atom is -0.102 e. The summed E-state index contributed by atoms with van der Waals surface area (Å²) in [7, 11) is 11.6. The minimum atomic E-state index is -0.361. The van der Waals surface area contributed by atoms with Crippen molar-refractivity contribution in [1.29, 1.82) is 0 Å². The summed E-state index contributed by atoms with van der Waals surface area (Å²) in [6, 6.07) is 54.8. The number of rotatable bonds is 4. The highest BCUT2D eigenvalue weighted by Crippen LogP contribution is 2.63. The van der Waals surface area contributed by atoms with Gasteiger partial charge in [0, 0.05) is 5.92 Å². The van der Waals surface area contributed by atoms with Crippen LogP contribution < -0.4 is 27.3 Å². The Hall–Kier alpha value is -5.14. The first-order chi connectivity index (χ1) is 23.9. The van der Waals surface area contributed by atoms with Crippen LogP contribution in [0.1, 0.15) is 44.9 Å². The largest absolute Gasteiger partial charge is 0.138 e. The third kappa shape index (κ3) is 4.18. The minimum absolute atomic E-state index is 0.0841. The summed E-state index contributed by atoms with van der Waals surface area (Å²) in [5.74, 6) is 0.0841. The monoisotopic (exact) mass is 618 g/mol. The molecule has 0 radical (unpaired) electrons. The lowest BCUT2D eigenvalue weighted by Gasteiger charge is -2.32. The second-order valence-corrected chi connectivity index (χ2v) is 14.2. The molecule has 0 amide bonds. The molecule has 1 atom stereocenters. The lowest BCUT2D eigenvalue weighted by molar-refractivity contribution is 0.790. The van der Waals surface area contributed by atoms with Crippen molar-refractivity contribution in [3.8, 4) is 33.4 Å². The van der Waals surface area contributed by atoms with Crippen LogP contribution in [-0.4, -0.2) is 39.2 Å². The fraction of sp³-hybridized carbons (Fsp3) is 0.0455. The van der Waals surface area contributed by atoms with Gasteiger partial charge in [-0.25, -0.2) is 0 Å². The predicted octanol–water partition coefficient (Wildman–Crippen LogP) is 2.17. The van der Waals surface area contributed by atoms with E-state index in [2.05, 4.69) is 185 Å². The van der Waals surface area contributed by atoms with Crippen LogP contribution in [0.5, 0.6) is 0 Å². The predicted molar refractivity (Wildman–Crippen MR) is 223 cm³/mol. The summed E-state index contributed by atoms with van der Waals surface area (Å²) in [6.45, 7) is 0. The molecule has 7 aromatic rings. The third-order valence-corrected chi connectivity index (χ3v) is 12.1. The van der Waals surface area contributed by atoms with Gasteiger partial charge < -0.3 is 0 Å². The van der Waals surface area contributed by atoms with Crippen LogP contribution >= 0.6 is 0 Å². The van der Waals surface area contributed by atoms with Crippen LogP contribution in [0, 0.1) is 0 Å². The maximum absolute atomic E-state index is 2.58. The van der Waals surface area contributed by atoms with Crippen molar-refractivity contribution >= 4 is 66.5 Å². The van der Waals surface area contributed by atoms with Crippen molar-refractivity contribution in [3.05, 3.63) is 185 Å². The molecular formula is C44H35B5. The second-order valence-electron chi connectivity index (χ2n) is 14.2. The number of hydrogen-bond acceptors (Lipinski definition) is 0. The topological polar surface area (TPSA) is 0 Å². The van der Waals surface area contributed by atoms with Gasteiger partial charge in [0.25, 0.3) is 0 Å². The van der Waals surface area contributed by atoms with Crippen molar-refractivity contribution in [2.75, 3.05) is 0 Å². The molecule has 5 heteroatoms. The Morgan fingerprint density at radius 2 is 0.755 bits per heavy atom. The highest BCUT2D eigenvalue weighted by molar-refractivity contribution is 6.67. The van der Waals surface area contributed by atoms with Gasteiger partial charge in [-0.3, -0.25) is 0 Å². The highest BCUT2D eigenvalue weighted by atomic mass is 14.5. The molecular weight excluding hydrogens is 583 g/mol. The van der Waals surface area contributed by atoms with E-state index in [4.69, 9.17) is 0 Å². The Morgan fingerprint density at radius 1 is 0.347 bits per heavy atom. The van der Waals surface area contributed by atoms with Gasteiger partial charge in [0.15, 0.2) is 0 Å². The van der Waals surface area contributed by atoms with Crippen LogP contribution in [0.15, 0.2) is 146 Å². The molecule has 1 unspecified atom stereocenters. The molecule has 2 aliphatic carbocycles. The van der Waals surface area contributed by atoms with Crippen LogP contribution in [0.25, 0.3) is 33.4 Å². The normalized spacial score (nSPS) is 13.8. The maximum Gasteiger partial charge on any atom is 0.138 e. The molecule has 226 valence electrons. The molecule has 0 aliphatic heterocycles. The Bertz CT molecular complexity index is 2350. The van der Waals surface area contributed by atoms with E-state index in [1.54, 1.807) is 0 Å². The Labute approximate surface area is 294 Å². The van der Waals surface area contributed by atoms with Crippen LogP contribution in [-0.2, 0) is 5.41 Å². The molecule has 0 saturated heterocycles. The molecule has 0 aromatic heterocycles. The van der Waals surface area contributed by atoms with E-state index in [0.29, 0.717) is 0 Å². The van der Waals surface area contributed by atoms with Gasteiger partial charge in [-0.15, -0.1) is 16.4 Å². The van der Waals surface area contributed by atoms with Gasteiger partial charge >= 0.3 is 0 Å². The smallest absolute Gasteiger partial charge is 0.102 e. The number of fused-ring (bicyclic) bond motifs is 10. The average molecular weight is 618 g/mol. The summed E-state index contributed by atoms with van der Waals surface area (Å²) < 4.78 is 0. The zero-order chi connectivity index (χ0) is 33.4. The van der Waals surface area contributed by atoms with Crippen molar-refractivity contribution < 1.29 is 0 Å². The first-order valence-corrected chi connectivity index (χ1v) is 17.6. The van der Waals surface area contributed by atoms with Crippen molar-refractivity contribution in [2.45, 2.75) is 11.3 Å². The second kappa shape index (κ2) is 11.2. The van der Waals surface area contributed by atoms with E-state index in [0.717, 1.165) is 0 Å². The summed E-state index contributed by atoms with van der Waals surface area (Å²) in [6.07, 6.45) is 0. The quantitative estimate of drug-likeness (QED) is 0.210. The number of hydrogen-bond donors (Lipinski definition) is 0. The van der Waals surface area contributed by atoms with Gasteiger partial charge in [0.2, 0.25) is 0 Å². The van der Waals surface area contributed by atoms with E-state index in [1.807, 2.05) is 0 Å². The summed E-state index contributed by atoms with van der Waals surface area (Å²) in [4.78, 5) is 0. The average Bonchev–Trinajstić information content (AvgIpc) is 3.62. The zero-order valence-electron chi connectivity index (χ0n) is 28.9. The fourth-order valence-electron chi connectivity index (χ4n) is 9.28. The fourth-order valence-corrected chi connectivity index (χ4v) is 9.28. The first kappa shape index (κ1) is 30.0. The Balaban J connectivity index is 1.33. The Kier molecular flexibility index (Phi) is 6.85. The van der Waals surface area contributed by atoms with Gasteiger partial charge in [-0.1, -0.05) is 157 Å². The lowest BCUT2D eigenvalue weighted by Crippen LogP contribution is -2.56. The van der Waals surface area contributed by atoms with E-state index >= 15 is 0 Å².